The Hall–Kier alpha value is -8.60. The summed E-state index contributed by atoms with van der Waals surface area (Å²) in [6.07, 6.45) is 0. The summed E-state index contributed by atoms with van der Waals surface area (Å²) < 4.78 is 4.89. The van der Waals surface area contributed by atoms with E-state index < -0.39 is 0 Å². The van der Waals surface area contributed by atoms with Crippen molar-refractivity contribution in [1.82, 2.24) is 19.1 Å². The van der Waals surface area contributed by atoms with Gasteiger partial charge in [0, 0.05) is 43.7 Å². The third kappa shape index (κ3) is 5.05. The molecule has 0 N–H and O–H groups in total. The second kappa shape index (κ2) is 13.4. The zero-order valence-corrected chi connectivity index (χ0v) is 34.6. The van der Waals surface area contributed by atoms with E-state index in [1.807, 2.05) is 12.1 Å². The van der Waals surface area contributed by atoms with Crippen molar-refractivity contribution in [2.45, 2.75) is 0 Å². The van der Waals surface area contributed by atoms with Crippen LogP contribution in [0.4, 0.5) is 0 Å². The number of para-hydroxylation sites is 4. The van der Waals surface area contributed by atoms with Crippen LogP contribution in [-0.2, 0) is 0 Å². The lowest BCUT2D eigenvalue weighted by atomic mass is 9.93. The molecule has 4 heteroatoms. The first-order chi connectivity index (χ1) is 31.7. The van der Waals surface area contributed by atoms with E-state index in [1.54, 1.807) is 0 Å². The number of hydrogen-bond donors (Lipinski definition) is 0. The van der Waals surface area contributed by atoms with Gasteiger partial charge in [0.15, 0.2) is 0 Å². The van der Waals surface area contributed by atoms with Gasteiger partial charge in [-0.05, 0) is 104 Å². The molecule has 0 unspecified atom stereocenters. The summed E-state index contributed by atoms with van der Waals surface area (Å²) >= 11 is 0. The summed E-state index contributed by atoms with van der Waals surface area (Å²) in [4.78, 5) is 10.8. The lowest BCUT2D eigenvalue weighted by Crippen LogP contribution is -1.99. The molecule has 296 valence electrons. The van der Waals surface area contributed by atoms with E-state index in [0.29, 0.717) is 0 Å². The Morgan fingerprint density at radius 2 is 0.906 bits per heavy atom. The Labute approximate surface area is 367 Å². The van der Waals surface area contributed by atoms with E-state index in [2.05, 4.69) is 215 Å². The molecule has 4 nitrogen and oxygen atoms in total. The Morgan fingerprint density at radius 1 is 0.297 bits per heavy atom. The molecular formula is C60H36N4. The predicted molar refractivity (Wildman–Crippen MR) is 269 cm³/mol. The van der Waals surface area contributed by atoms with Gasteiger partial charge < -0.3 is 9.13 Å². The minimum atomic E-state index is 0.857. The van der Waals surface area contributed by atoms with E-state index in [0.717, 1.165) is 55.7 Å². The van der Waals surface area contributed by atoms with Crippen LogP contribution in [0.1, 0.15) is 0 Å². The van der Waals surface area contributed by atoms with Gasteiger partial charge in [-0.1, -0.05) is 152 Å². The number of nitrogens with zero attached hydrogens (tertiary/aromatic N) is 4. The fourth-order valence-corrected chi connectivity index (χ4v) is 10.6. The molecule has 0 radical (unpaired) electrons. The van der Waals surface area contributed by atoms with Crippen molar-refractivity contribution in [2.75, 3.05) is 0 Å². The molecule has 0 bridgehead atoms. The van der Waals surface area contributed by atoms with Gasteiger partial charge >= 0.3 is 0 Å². The Balaban J connectivity index is 1.00. The van der Waals surface area contributed by atoms with Gasteiger partial charge in [-0.3, -0.25) is 0 Å². The number of rotatable bonds is 4. The lowest BCUT2D eigenvalue weighted by molar-refractivity contribution is 1.18. The van der Waals surface area contributed by atoms with Crippen LogP contribution in [0.25, 0.3) is 132 Å². The average molecular weight is 813 g/mol. The fourth-order valence-electron chi connectivity index (χ4n) is 10.6. The fraction of sp³-hybridized carbons (Fsp3) is 0. The van der Waals surface area contributed by atoms with Gasteiger partial charge in [0.2, 0.25) is 0 Å². The smallest absolute Gasteiger partial charge is 0.0979 e. The first kappa shape index (κ1) is 35.0. The SMILES string of the molecule is c1cc(-c2nc3ccccc3nc2-c2cc3ccccc3c3ccccc23)cc(-n2c3ccccc3c3cc4c(-n5c6ccccc6c6c7ccccc7ccc65)cccc4cc32)c1. The number of hydrogen-bond acceptors (Lipinski definition) is 2. The minimum Gasteiger partial charge on any atom is -0.309 e. The maximum absolute atomic E-state index is 5.42. The van der Waals surface area contributed by atoms with Crippen molar-refractivity contribution in [3.05, 3.63) is 218 Å². The van der Waals surface area contributed by atoms with Crippen molar-refractivity contribution in [3.63, 3.8) is 0 Å². The van der Waals surface area contributed by atoms with Crippen molar-refractivity contribution in [1.29, 1.82) is 0 Å². The summed E-state index contributed by atoms with van der Waals surface area (Å²) in [6, 6.07) is 79.1. The summed E-state index contributed by atoms with van der Waals surface area (Å²) in [7, 11) is 0. The van der Waals surface area contributed by atoms with Crippen LogP contribution in [0.3, 0.4) is 0 Å². The third-order valence-electron chi connectivity index (χ3n) is 13.4. The normalized spacial score (nSPS) is 12.1. The van der Waals surface area contributed by atoms with Crippen LogP contribution < -0.4 is 0 Å². The van der Waals surface area contributed by atoms with E-state index in [1.165, 1.54) is 76.0 Å². The second-order valence-electron chi connectivity index (χ2n) is 16.9. The highest BCUT2D eigenvalue weighted by molar-refractivity contribution is 6.22. The van der Waals surface area contributed by atoms with Crippen LogP contribution in [0.15, 0.2) is 218 Å². The highest BCUT2D eigenvalue weighted by Crippen LogP contribution is 2.43. The third-order valence-corrected chi connectivity index (χ3v) is 13.4. The van der Waals surface area contributed by atoms with Gasteiger partial charge in [-0.15, -0.1) is 0 Å². The van der Waals surface area contributed by atoms with Gasteiger partial charge in [-0.2, -0.15) is 0 Å². The average Bonchev–Trinajstić information content (AvgIpc) is 3.87. The van der Waals surface area contributed by atoms with Crippen molar-refractivity contribution in [3.8, 4) is 33.9 Å². The van der Waals surface area contributed by atoms with Crippen LogP contribution in [0.5, 0.6) is 0 Å². The highest BCUT2D eigenvalue weighted by Gasteiger charge is 2.21. The lowest BCUT2D eigenvalue weighted by Gasteiger charge is -2.16. The standard InChI is InChI=1S/C60H36N4/c1-4-21-43-37(15-1)31-32-56-58(43)47-25-8-12-29-54(47)64(56)55-30-14-17-39-35-57-49(36-48(39)55)46-24-7-11-28-53(46)63(57)41-19-13-18-40(33-41)59-60(62-52-27-10-9-26-51(52)61-59)50-34-38-16-2-3-20-42(38)44-22-5-6-23-45(44)50/h1-36H. The quantitative estimate of drug-likeness (QED) is 0.166. The first-order valence-electron chi connectivity index (χ1n) is 21.9. The zero-order valence-electron chi connectivity index (χ0n) is 34.6. The monoisotopic (exact) mass is 812 g/mol. The van der Waals surface area contributed by atoms with Crippen molar-refractivity contribution >= 4 is 97.7 Å². The molecule has 0 aliphatic heterocycles. The molecule has 11 aromatic carbocycles. The molecule has 0 aliphatic rings. The molecule has 0 amide bonds. The van der Waals surface area contributed by atoms with Crippen LogP contribution >= 0.6 is 0 Å². The molecule has 14 rings (SSSR count). The molecule has 3 aromatic heterocycles. The molecule has 0 saturated carbocycles. The Kier molecular flexibility index (Phi) is 7.36. The van der Waals surface area contributed by atoms with E-state index >= 15 is 0 Å². The number of fused-ring (bicyclic) bond motifs is 13. The van der Waals surface area contributed by atoms with Crippen molar-refractivity contribution in [2.24, 2.45) is 0 Å². The Bertz CT molecular complexity index is 4270. The summed E-state index contributed by atoms with van der Waals surface area (Å²) in [6.45, 7) is 0. The summed E-state index contributed by atoms with van der Waals surface area (Å²) in [5.41, 5.74) is 12.5. The second-order valence-corrected chi connectivity index (χ2v) is 16.9. The number of aromatic nitrogens is 4. The minimum absolute atomic E-state index is 0.857. The topological polar surface area (TPSA) is 35.6 Å². The number of benzene rings is 11. The van der Waals surface area contributed by atoms with Crippen molar-refractivity contribution < 1.29 is 0 Å². The highest BCUT2D eigenvalue weighted by atomic mass is 15.0. The van der Waals surface area contributed by atoms with E-state index in [9.17, 15) is 0 Å². The largest absolute Gasteiger partial charge is 0.309 e. The van der Waals surface area contributed by atoms with Gasteiger partial charge in [0.05, 0.1) is 50.2 Å². The zero-order chi connectivity index (χ0) is 41.9. The molecule has 0 atom stereocenters. The molecule has 0 saturated heterocycles. The first-order valence-corrected chi connectivity index (χ1v) is 21.9. The summed E-state index contributed by atoms with van der Waals surface area (Å²) in [5.74, 6) is 0. The van der Waals surface area contributed by atoms with Crippen LogP contribution in [0, 0.1) is 0 Å². The molecule has 0 aliphatic carbocycles. The maximum Gasteiger partial charge on any atom is 0.0979 e. The molecule has 0 fully saturated rings. The summed E-state index contributed by atoms with van der Waals surface area (Å²) in [5, 5.41) is 14.7. The maximum atomic E-state index is 5.42. The van der Waals surface area contributed by atoms with Gasteiger partial charge in [0.1, 0.15) is 0 Å². The molecule has 0 spiro atoms. The molecule has 64 heavy (non-hydrogen) atoms. The molecular weight excluding hydrogens is 777 g/mol. The van der Waals surface area contributed by atoms with E-state index in [-0.39, 0.29) is 0 Å². The van der Waals surface area contributed by atoms with Crippen LogP contribution in [0.2, 0.25) is 0 Å². The van der Waals surface area contributed by atoms with Gasteiger partial charge in [0.25, 0.3) is 0 Å². The predicted octanol–water partition coefficient (Wildman–Crippen LogP) is 15.8. The molecule has 3 heterocycles. The Morgan fingerprint density at radius 3 is 1.73 bits per heavy atom. The molecule has 14 aromatic rings. The van der Waals surface area contributed by atoms with Crippen LogP contribution in [-0.4, -0.2) is 19.1 Å². The van der Waals surface area contributed by atoms with Gasteiger partial charge in [-0.25, -0.2) is 9.97 Å². The van der Waals surface area contributed by atoms with E-state index in [4.69, 9.17) is 9.97 Å².